The van der Waals surface area contributed by atoms with Crippen molar-refractivity contribution in [3.63, 3.8) is 0 Å². The molecule has 0 saturated heterocycles. The number of allylic oxidation sites excluding steroid dienone is 2. The number of hydrogen-bond donors (Lipinski definition) is 2. The molecular weight excluding hydrogens is 220 g/mol. The molecule has 0 aliphatic heterocycles. The summed E-state index contributed by atoms with van der Waals surface area (Å²) in [6, 6.07) is 0.558. The smallest absolute Gasteiger partial charge is 0.0210 e. The van der Waals surface area contributed by atoms with Gasteiger partial charge >= 0.3 is 0 Å². The fourth-order valence-electron chi connectivity index (χ4n) is 1.63. The minimum absolute atomic E-state index is 0.558. The van der Waals surface area contributed by atoms with Crippen LogP contribution in [0.15, 0.2) is 36.5 Å². The SMILES string of the molecule is C=C/C=C(\CNC(C)CC(C)CC)C(=C)C.C=N. The van der Waals surface area contributed by atoms with Gasteiger partial charge in [-0.25, -0.2) is 0 Å². The summed E-state index contributed by atoms with van der Waals surface area (Å²) >= 11 is 0. The van der Waals surface area contributed by atoms with Gasteiger partial charge in [0.1, 0.15) is 0 Å². The second kappa shape index (κ2) is 12.3. The predicted molar refractivity (Wildman–Crippen MR) is 84.5 cm³/mol. The summed E-state index contributed by atoms with van der Waals surface area (Å²) in [5.74, 6) is 0.791. The summed E-state index contributed by atoms with van der Waals surface area (Å²) in [5, 5.41) is 9.04. The molecule has 104 valence electrons. The second-order valence-electron chi connectivity index (χ2n) is 4.74. The van der Waals surface area contributed by atoms with E-state index < -0.39 is 0 Å². The third-order valence-corrected chi connectivity index (χ3v) is 2.96. The van der Waals surface area contributed by atoms with Gasteiger partial charge < -0.3 is 10.7 Å². The molecule has 0 spiro atoms. The van der Waals surface area contributed by atoms with Gasteiger partial charge in [0.2, 0.25) is 0 Å². The van der Waals surface area contributed by atoms with Gasteiger partial charge in [-0.3, -0.25) is 0 Å². The van der Waals surface area contributed by atoms with Crippen molar-refractivity contribution in [2.45, 2.75) is 46.6 Å². The lowest BCUT2D eigenvalue weighted by molar-refractivity contribution is 0.422. The van der Waals surface area contributed by atoms with Crippen LogP contribution in [0.2, 0.25) is 0 Å². The van der Waals surface area contributed by atoms with E-state index in [1.807, 2.05) is 19.1 Å². The summed E-state index contributed by atoms with van der Waals surface area (Å²) in [6.45, 7) is 19.9. The minimum Gasteiger partial charge on any atom is -0.317 e. The Morgan fingerprint density at radius 1 is 1.33 bits per heavy atom. The number of rotatable bonds is 8. The quantitative estimate of drug-likeness (QED) is 0.487. The van der Waals surface area contributed by atoms with Crippen molar-refractivity contribution in [2.24, 2.45) is 5.92 Å². The van der Waals surface area contributed by atoms with Crippen LogP contribution in [0.25, 0.3) is 0 Å². The average molecular weight is 250 g/mol. The molecule has 2 heteroatoms. The fraction of sp³-hybridized carbons (Fsp3) is 0.562. The van der Waals surface area contributed by atoms with E-state index >= 15 is 0 Å². The lowest BCUT2D eigenvalue weighted by Gasteiger charge is -2.18. The Morgan fingerprint density at radius 2 is 1.89 bits per heavy atom. The second-order valence-corrected chi connectivity index (χ2v) is 4.74. The molecule has 0 radical (unpaired) electrons. The maximum Gasteiger partial charge on any atom is 0.0210 e. The molecule has 0 fully saturated rings. The molecule has 0 aromatic carbocycles. The first-order chi connectivity index (χ1) is 8.51. The molecule has 2 atom stereocenters. The minimum atomic E-state index is 0.558. The van der Waals surface area contributed by atoms with E-state index in [9.17, 15) is 0 Å². The third kappa shape index (κ3) is 10.0. The molecule has 0 saturated carbocycles. The largest absolute Gasteiger partial charge is 0.317 e. The van der Waals surface area contributed by atoms with Crippen LogP contribution in [-0.2, 0) is 0 Å². The van der Waals surface area contributed by atoms with Crippen LogP contribution in [-0.4, -0.2) is 19.3 Å². The van der Waals surface area contributed by atoms with E-state index in [4.69, 9.17) is 5.41 Å². The van der Waals surface area contributed by atoms with Gasteiger partial charge in [0.25, 0.3) is 0 Å². The lowest BCUT2D eigenvalue weighted by Crippen LogP contribution is -2.29. The molecule has 0 aliphatic rings. The van der Waals surface area contributed by atoms with Crippen LogP contribution >= 0.6 is 0 Å². The standard InChI is InChI=1S/C15H27N.CH3N/c1-7-9-15(12(3)4)11-16-14(6)10-13(5)8-2;1-2/h7,9,13-14,16H,1,3,8,10-11H2,2,4-6H3;2H,1H2/b15-9+;. The molecule has 0 aromatic rings. The van der Waals surface area contributed by atoms with Crippen LogP contribution in [0.5, 0.6) is 0 Å². The highest BCUT2D eigenvalue weighted by molar-refractivity contribution is 5.30. The average Bonchev–Trinajstić information content (AvgIpc) is 2.36. The van der Waals surface area contributed by atoms with Crippen molar-refractivity contribution in [3.05, 3.63) is 36.5 Å². The van der Waals surface area contributed by atoms with Gasteiger partial charge in [0, 0.05) is 12.6 Å². The highest BCUT2D eigenvalue weighted by atomic mass is 14.9. The van der Waals surface area contributed by atoms with E-state index in [1.165, 1.54) is 18.4 Å². The number of nitrogens with one attached hydrogen (secondary N) is 2. The first-order valence-corrected chi connectivity index (χ1v) is 6.57. The van der Waals surface area contributed by atoms with E-state index in [0.717, 1.165) is 18.0 Å². The molecule has 0 heterocycles. The monoisotopic (exact) mass is 250 g/mol. The zero-order valence-corrected chi connectivity index (χ0v) is 12.6. The van der Waals surface area contributed by atoms with Crippen molar-refractivity contribution in [3.8, 4) is 0 Å². The summed E-state index contributed by atoms with van der Waals surface area (Å²) in [6.07, 6.45) is 6.34. The van der Waals surface area contributed by atoms with Gasteiger partial charge in [0.15, 0.2) is 0 Å². The van der Waals surface area contributed by atoms with Crippen LogP contribution in [0, 0.1) is 11.3 Å². The Labute approximate surface area is 113 Å². The van der Waals surface area contributed by atoms with Gasteiger partial charge in [0.05, 0.1) is 0 Å². The molecule has 0 aromatic heterocycles. The molecule has 0 rings (SSSR count). The lowest BCUT2D eigenvalue weighted by atomic mass is 10.00. The van der Waals surface area contributed by atoms with Crippen molar-refractivity contribution >= 4 is 6.72 Å². The van der Waals surface area contributed by atoms with E-state index in [-0.39, 0.29) is 0 Å². The Morgan fingerprint density at radius 3 is 2.28 bits per heavy atom. The predicted octanol–water partition coefficient (Wildman–Crippen LogP) is 4.35. The first-order valence-electron chi connectivity index (χ1n) is 6.57. The van der Waals surface area contributed by atoms with Gasteiger partial charge in [-0.1, -0.05) is 51.2 Å². The summed E-state index contributed by atoms with van der Waals surface area (Å²) < 4.78 is 0. The third-order valence-electron chi connectivity index (χ3n) is 2.96. The first kappa shape index (κ1) is 19.2. The van der Waals surface area contributed by atoms with Crippen molar-refractivity contribution in [1.82, 2.24) is 5.32 Å². The van der Waals surface area contributed by atoms with Crippen molar-refractivity contribution in [1.29, 1.82) is 5.41 Å². The van der Waals surface area contributed by atoms with Crippen LogP contribution in [0.4, 0.5) is 0 Å². The van der Waals surface area contributed by atoms with Gasteiger partial charge in [-0.15, -0.1) is 0 Å². The number of hydrogen-bond acceptors (Lipinski definition) is 2. The molecule has 2 N–H and O–H groups in total. The Balaban J connectivity index is 0. The molecule has 2 unspecified atom stereocenters. The normalized spacial score (nSPS) is 14.1. The van der Waals surface area contributed by atoms with Crippen LogP contribution < -0.4 is 5.32 Å². The van der Waals surface area contributed by atoms with Gasteiger partial charge in [-0.05, 0) is 38.5 Å². The zero-order chi connectivity index (χ0) is 14.6. The molecule has 0 aliphatic carbocycles. The Hall–Kier alpha value is -1.15. The molecule has 0 amide bonds. The van der Waals surface area contributed by atoms with Crippen LogP contribution in [0.1, 0.15) is 40.5 Å². The maximum absolute atomic E-state index is 5.50. The summed E-state index contributed by atoms with van der Waals surface area (Å²) in [7, 11) is 0. The molecule has 2 nitrogen and oxygen atoms in total. The van der Waals surface area contributed by atoms with E-state index in [0.29, 0.717) is 6.04 Å². The topological polar surface area (TPSA) is 35.9 Å². The highest BCUT2D eigenvalue weighted by Crippen LogP contribution is 2.11. The Bertz CT molecular complexity index is 266. The van der Waals surface area contributed by atoms with Gasteiger partial charge in [-0.2, -0.15) is 0 Å². The molecule has 18 heavy (non-hydrogen) atoms. The van der Waals surface area contributed by atoms with Crippen LogP contribution in [0.3, 0.4) is 0 Å². The zero-order valence-electron chi connectivity index (χ0n) is 12.6. The summed E-state index contributed by atoms with van der Waals surface area (Å²) in [4.78, 5) is 0. The molecular formula is C16H30N2. The summed E-state index contributed by atoms with van der Waals surface area (Å²) in [5.41, 5.74) is 2.36. The highest BCUT2D eigenvalue weighted by Gasteiger charge is 2.07. The Kier molecular flexibility index (Phi) is 13.1. The van der Waals surface area contributed by atoms with E-state index in [2.05, 4.69) is 46.0 Å². The van der Waals surface area contributed by atoms with Crippen molar-refractivity contribution < 1.29 is 0 Å². The molecule has 0 bridgehead atoms. The van der Waals surface area contributed by atoms with E-state index in [1.54, 1.807) is 0 Å². The fourth-order valence-corrected chi connectivity index (χ4v) is 1.63. The maximum atomic E-state index is 5.50. The van der Waals surface area contributed by atoms with Crippen molar-refractivity contribution in [2.75, 3.05) is 6.54 Å².